The second-order valence-corrected chi connectivity index (χ2v) is 6.14. The molecule has 6 nitrogen and oxygen atoms in total. The summed E-state index contributed by atoms with van der Waals surface area (Å²) in [6.45, 7) is 7.31. The zero-order valence-electron chi connectivity index (χ0n) is 14.7. The van der Waals surface area contributed by atoms with E-state index in [1.165, 1.54) is 6.08 Å². The van der Waals surface area contributed by atoms with Crippen LogP contribution in [0.4, 0.5) is 0 Å². The number of rotatable bonds is 6. The number of ether oxygens (including phenoxy) is 1. The number of carbonyl (C=O) groups excluding carboxylic acids is 1. The number of furan rings is 2. The Bertz CT molecular complexity index is 725. The molecule has 1 unspecified atom stereocenters. The molecule has 3 rings (SSSR count). The van der Waals surface area contributed by atoms with E-state index in [1.807, 2.05) is 38.1 Å². The first-order valence-electron chi connectivity index (χ1n) is 8.52. The summed E-state index contributed by atoms with van der Waals surface area (Å²) in [6, 6.07) is 7.63. The molecule has 1 N–H and O–H groups in total. The molecule has 2 aromatic rings. The zero-order valence-corrected chi connectivity index (χ0v) is 14.7. The summed E-state index contributed by atoms with van der Waals surface area (Å²) >= 11 is 0. The number of hydrogen-bond acceptors (Lipinski definition) is 5. The van der Waals surface area contributed by atoms with Gasteiger partial charge in [-0.05, 0) is 44.2 Å². The first-order chi connectivity index (χ1) is 12.1. The van der Waals surface area contributed by atoms with E-state index in [0.717, 1.165) is 30.4 Å². The van der Waals surface area contributed by atoms with Crippen LogP contribution >= 0.6 is 0 Å². The van der Waals surface area contributed by atoms with Gasteiger partial charge >= 0.3 is 0 Å². The van der Waals surface area contributed by atoms with Gasteiger partial charge in [-0.3, -0.25) is 9.69 Å². The maximum atomic E-state index is 12.1. The molecule has 134 valence electrons. The van der Waals surface area contributed by atoms with E-state index < -0.39 is 0 Å². The molecular weight excluding hydrogens is 320 g/mol. The standard InChI is InChI=1S/C19H24N2O4/c1-14-3-5-16(24-14)6-8-19(22)20-13-17(18-7-4-15(2)25-18)21-9-11-23-12-10-21/h3-8,17H,9-13H2,1-2H3,(H,20,22)/b8-6+. The Morgan fingerprint density at radius 3 is 2.52 bits per heavy atom. The minimum Gasteiger partial charge on any atom is -0.465 e. The Balaban J connectivity index is 1.61. The lowest BCUT2D eigenvalue weighted by molar-refractivity contribution is -0.116. The Morgan fingerprint density at radius 1 is 1.16 bits per heavy atom. The third-order valence-electron chi connectivity index (χ3n) is 4.21. The van der Waals surface area contributed by atoms with Crippen molar-refractivity contribution in [3.8, 4) is 0 Å². The molecule has 0 radical (unpaired) electrons. The van der Waals surface area contributed by atoms with Gasteiger partial charge < -0.3 is 18.9 Å². The third kappa shape index (κ3) is 4.84. The quantitative estimate of drug-likeness (QED) is 0.816. The largest absolute Gasteiger partial charge is 0.465 e. The van der Waals surface area contributed by atoms with Crippen molar-refractivity contribution in [3.05, 3.63) is 53.4 Å². The maximum Gasteiger partial charge on any atom is 0.244 e. The van der Waals surface area contributed by atoms with Crippen molar-refractivity contribution in [2.75, 3.05) is 32.8 Å². The number of aryl methyl sites for hydroxylation is 2. The van der Waals surface area contributed by atoms with Crippen LogP contribution in [0.3, 0.4) is 0 Å². The summed E-state index contributed by atoms with van der Waals surface area (Å²) in [7, 11) is 0. The highest BCUT2D eigenvalue weighted by atomic mass is 16.5. The van der Waals surface area contributed by atoms with Crippen LogP contribution in [-0.4, -0.2) is 43.7 Å². The maximum absolute atomic E-state index is 12.1. The molecule has 0 saturated carbocycles. The van der Waals surface area contributed by atoms with Crippen LogP contribution in [-0.2, 0) is 9.53 Å². The van der Waals surface area contributed by atoms with E-state index in [2.05, 4.69) is 10.2 Å². The van der Waals surface area contributed by atoms with Crippen molar-refractivity contribution in [1.82, 2.24) is 10.2 Å². The lowest BCUT2D eigenvalue weighted by atomic mass is 10.1. The van der Waals surface area contributed by atoms with Crippen molar-refractivity contribution in [3.63, 3.8) is 0 Å². The second kappa shape index (κ2) is 8.18. The molecule has 6 heteroatoms. The smallest absolute Gasteiger partial charge is 0.244 e. The molecule has 1 atom stereocenters. The van der Waals surface area contributed by atoms with E-state index in [9.17, 15) is 4.79 Å². The molecule has 1 aliphatic heterocycles. The molecular formula is C19H24N2O4. The van der Waals surface area contributed by atoms with Gasteiger partial charge in [-0.25, -0.2) is 0 Å². The van der Waals surface area contributed by atoms with Crippen molar-refractivity contribution >= 4 is 12.0 Å². The molecule has 1 saturated heterocycles. The minimum atomic E-state index is -0.157. The van der Waals surface area contributed by atoms with Gasteiger partial charge in [0.25, 0.3) is 0 Å². The molecule has 3 heterocycles. The number of amides is 1. The molecule has 1 aliphatic rings. The van der Waals surface area contributed by atoms with E-state index in [4.69, 9.17) is 13.6 Å². The molecule has 0 spiro atoms. The fourth-order valence-electron chi connectivity index (χ4n) is 2.89. The Kier molecular flexibility index (Phi) is 5.73. The second-order valence-electron chi connectivity index (χ2n) is 6.14. The van der Waals surface area contributed by atoms with Gasteiger partial charge in [0.2, 0.25) is 5.91 Å². The predicted molar refractivity (Wildman–Crippen MR) is 94.1 cm³/mol. The summed E-state index contributed by atoms with van der Waals surface area (Å²) in [5, 5.41) is 2.95. The van der Waals surface area contributed by atoms with Gasteiger partial charge in [0.05, 0.1) is 19.3 Å². The van der Waals surface area contributed by atoms with Gasteiger partial charge in [-0.15, -0.1) is 0 Å². The van der Waals surface area contributed by atoms with Gasteiger partial charge in [0.15, 0.2) is 0 Å². The van der Waals surface area contributed by atoms with Crippen LogP contribution in [0, 0.1) is 13.8 Å². The number of nitrogens with one attached hydrogen (secondary N) is 1. The van der Waals surface area contributed by atoms with Crippen LogP contribution in [0.2, 0.25) is 0 Å². The summed E-state index contributed by atoms with van der Waals surface area (Å²) in [6.07, 6.45) is 3.16. The van der Waals surface area contributed by atoms with E-state index in [0.29, 0.717) is 25.5 Å². The highest BCUT2D eigenvalue weighted by Crippen LogP contribution is 2.23. The fourth-order valence-corrected chi connectivity index (χ4v) is 2.89. The Hall–Kier alpha value is -2.31. The van der Waals surface area contributed by atoms with Crippen molar-refractivity contribution < 1.29 is 18.4 Å². The molecule has 0 aliphatic carbocycles. The summed E-state index contributed by atoms with van der Waals surface area (Å²) in [5.74, 6) is 3.06. The predicted octanol–water partition coefficient (Wildman–Crippen LogP) is 2.69. The first-order valence-corrected chi connectivity index (χ1v) is 8.52. The fraction of sp³-hybridized carbons (Fsp3) is 0.421. The average Bonchev–Trinajstić information content (AvgIpc) is 3.23. The van der Waals surface area contributed by atoms with Crippen LogP contribution in [0.25, 0.3) is 6.08 Å². The molecule has 2 aromatic heterocycles. The molecule has 0 bridgehead atoms. The van der Waals surface area contributed by atoms with E-state index >= 15 is 0 Å². The summed E-state index contributed by atoms with van der Waals surface area (Å²) in [4.78, 5) is 14.4. The topological polar surface area (TPSA) is 67.9 Å². The highest BCUT2D eigenvalue weighted by molar-refractivity contribution is 5.91. The van der Waals surface area contributed by atoms with Crippen molar-refractivity contribution in [2.45, 2.75) is 19.9 Å². The first kappa shape index (κ1) is 17.5. The number of morpholine rings is 1. The third-order valence-corrected chi connectivity index (χ3v) is 4.21. The van der Waals surface area contributed by atoms with Gasteiger partial charge in [0.1, 0.15) is 23.0 Å². The minimum absolute atomic E-state index is 0.000747. The van der Waals surface area contributed by atoms with Crippen LogP contribution in [0.5, 0.6) is 0 Å². The Labute approximate surface area is 147 Å². The lowest BCUT2D eigenvalue weighted by Gasteiger charge is -2.33. The van der Waals surface area contributed by atoms with Crippen LogP contribution in [0.1, 0.15) is 29.1 Å². The highest BCUT2D eigenvalue weighted by Gasteiger charge is 2.25. The van der Waals surface area contributed by atoms with E-state index in [-0.39, 0.29) is 11.9 Å². The normalized spacial score (nSPS) is 17.0. The lowest BCUT2D eigenvalue weighted by Crippen LogP contribution is -2.43. The Morgan fingerprint density at radius 2 is 1.88 bits per heavy atom. The summed E-state index contributed by atoms with van der Waals surface area (Å²) in [5.41, 5.74) is 0. The SMILES string of the molecule is Cc1ccc(/C=C/C(=O)NCC(c2ccc(C)o2)N2CCOCC2)o1. The molecule has 0 aromatic carbocycles. The molecule has 25 heavy (non-hydrogen) atoms. The van der Waals surface area contributed by atoms with Gasteiger partial charge in [-0.2, -0.15) is 0 Å². The molecule has 1 amide bonds. The van der Waals surface area contributed by atoms with Crippen molar-refractivity contribution in [2.24, 2.45) is 0 Å². The van der Waals surface area contributed by atoms with Crippen molar-refractivity contribution in [1.29, 1.82) is 0 Å². The van der Waals surface area contributed by atoms with Crippen LogP contribution < -0.4 is 5.32 Å². The number of hydrogen-bond donors (Lipinski definition) is 1. The van der Waals surface area contributed by atoms with E-state index in [1.54, 1.807) is 6.08 Å². The van der Waals surface area contributed by atoms with Gasteiger partial charge in [0, 0.05) is 25.7 Å². The number of nitrogens with zero attached hydrogens (tertiary/aromatic N) is 1. The average molecular weight is 344 g/mol. The van der Waals surface area contributed by atoms with Gasteiger partial charge in [-0.1, -0.05) is 0 Å². The summed E-state index contributed by atoms with van der Waals surface area (Å²) < 4.78 is 16.6. The molecule has 1 fully saturated rings. The van der Waals surface area contributed by atoms with Crippen LogP contribution in [0.15, 0.2) is 39.2 Å². The zero-order chi connectivity index (χ0) is 17.6. The number of carbonyl (C=O) groups is 1. The monoisotopic (exact) mass is 344 g/mol.